The fourth-order valence-corrected chi connectivity index (χ4v) is 2.24. The van der Waals surface area contributed by atoms with E-state index < -0.39 is 0 Å². The van der Waals surface area contributed by atoms with Crippen LogP contribution in [0.3, 0.4) is 0 Å². The highest BCUT2D eigenvalue weighted by Crippen LogP contribution is 2.19. The van der Waals surface area contributed by atoms with Gasteiger partial charge >= 0.3 is 0 Å². The second-order valence-electron chi connectivity index (χ2n) is 4.70. The number of aryl methyl sites for hydroxylation is 1. The molecule has 0 amide bonds. The van der Waals surface area contributed by atoms with Crippen molar-refractivity contribution < 1.29 is 9.47 Å². The fraction of sp³-hybridized carbons (Fsp3) is 0.615. The monoisotopic (exact) mass is 313 g/mol. The van der Waals surface area contributed by atoms with Crippen LogP contribution in [0.25, 0.3) is 11.0 Å². The smallest absolute Gasteiger partial charge is 0.162 e. The summed E-state index contributed by atoms with van der Waals surface area (Å²) in [5.74, 6) is 0.670. The number of methoxy groups -OCH3 is 2. The predicted octanol–water partition coefficient (Wildman–Crippen LogP) is 1.11. The van der Waals surface area contributed by atoms with Gasteiger partial charge in [-0.1, -0.05) is 11.6 Å². The van der Waals surface area contributed by atoms with Gasteiger partial charge in [-0.05, 0) is 0 Å². The molecule has 2 heterocycles. The minimum atomic E-state index is 0.432. The van der Waals surface area contributed by atoms with Crippen LogP contribution < -0.4 is 0 Å². The molecule has 0 aromatic carbocycles. The molecule has 8 heteroatoms. The molecule has 0 aliphatic rings. The Kier molecular flexibility index (Phi) is 5.86. The molecular weight excluding hydrogens is 294 g/mol. The Morgan fingerprint density at radius 1 is 1.19 bits per heavy atom. The summed E-state index contributed by atoms with van der Waals surface area (Å²) >= 11 is 6.20. The summed E-state index contributed by atoms with van der Waals surface area (Å²) in [5, 5.41) is 5.35. The standard InChI is InChI=1S/C13H20ClN5O2/c1-18-13-10(8-15-18)12(14)16-11(17-13)9-19(4-6-20-2)5-7-21-3/h8H,4-7,9H2,1-3H3. The van der Waals surface area contributed by atoms with Crippen molar-refractivity contribution in [1.82, 2.24) is 24.6 Å². The zero-order valence-electron chi connectivity index (χ0n) is 12.5. The molecule has 0 aliphatic heterocycles. The molecule has 21 heavy (non-hydrogen) atoms. The molecule has 0 aliphatic carbocycles. The average Bonchev–Trinajstić information content (AvgIpc) is 2.84. The topological polar surface area (TPSA) is 65.3 Å². The van der Waals surface area contributed by atoms with E-state index in [1.165, 1.54) is 0 Å². The average molecular weight is 314 g/mol. The first-order chi connectivity index (χ1) is 10.2. The van der Waals surface area contributed by atoms with Crippen molar-refractivity contribution in [3.8, 4) is 0 Å². The van der Waals surface area contributed by atoms with Gasteiger partial charge in [-0.15, -0.1) is 0 Å². The lowest BCUT2D eigenvalue weighted by Gasteiger charge is -2.20. The van der Waals surface area contributed by atoms with Gasteiger partial charge in [0, 0.05) is 34.4 Å². The normalized spacial score (nSPS) is 11.7. The van der Waals surface area contributed by atoms with Crippen molar-refractivity contribution in [3.63, 3.8) is 0 Å². The van der Waals surface area contributed by atoms with Crippen LogP contribution in [0, 0.1) is 0 Å². The summed E-state index contributed by atoms with van der Waals surface area (Å²) in [6, 6.07) is 0. The molecule has 2 aromatic rings. The van der Waals surface area contributed by atoms with E-state index in [4.69, 9.17) is 21.1 Å². The van der Waals surface area contributed by atoms with E-state index in [1.54, 1.807) is 25.1 Å². The third kappa shape index (κ3) is 4.10. The lowest BCUT2D eigenvalue weighted by Crippen LogP contribution is -2.31. The third-order valence-electron chi connectivity index (χ3n) is 3.18. The van der Waals surface area contributed by atoms with Crippen LogP contribution in [0.5, 0.6) is 0 Å². The first-order valence-electron chi connectivity index (χ1n) is 6.70. The van der Waals surface area contributed by atoms with Crippen LogP contribution in [-0.4, -0.2) is 65.2 Å². The Morgan fingerprint density at radius 2 is 1.86 bits per heavy atom. The van der Waals surface area contributed by atoms with Gasteiger partial charge in [-0.2, -0.15) is 5.10 Å². The van der Waals surface area contributed by atoms with Gasteiger partial charge in [0.05, 0.1) is 31.3 Å². The van der Waals surface area contributed by atoms with Crippen molar-refractivity contribution >= 4 is 22.6 Å². The Labute approximate surface area is 128 Å². The summed E-state index contributed by atoms with van der Waals surface area (Å²) in [6.07, 6.45) is 1.68. The van der Waals surface area contributed by atoms with E-state index >= 15 is 0 Å². The highest BCUT2D eigenvalue weighted by atomic mass is 35.5. The van der Waals surface area contributed by atoms with E-state index in [1.807, 2.05) is 7.05 Å². The molecule has 7 nitrogen and oxygen atoms in total. The van der Waals surface area contributed by atoms with Gasteiger partial charge in [-0.3, -0.25) is 9.58 Å². The second-order valence-corrected chi connectivity index (χ2v) is 5.06. The van der Waals surface area contributed by atoms with Crippen molar-refractivity contribution in [2.75, 3.05) is 40.5 Å². The van der Waals surface area contributed by atoms with Gasteiger partial charge < -0.3 is 9.47 Å². The van der Waals surface area contributed by atoms with Crippen LogP contribution in [0.15, 0.2) is 6.20 Å². The van der Waals surface area contributed by atoms with Gasteiger partial charge in [0.25, 0.3) is 0 Å². The van der Waals surface area contributed by atoms with Gasteiger partial charge in [-0.25, -0.2) is 9.97 Å². The molecule has 2 rings (SSSR count). The van der Waals surface area contributed by atoms with Crippen LogP contribution in [0.1, 0.15) is 5.82 Å². The number of hydrogen-bond donors (Lipinski definition) is 0. The number of aromatic nitrogens is 4. The summed E-state index contributed by atoms with van der Waals surface area (Å²) in [4.78, 5) is 11.0. The Bertz CT molecular complexity index is 581. The number of rotatable bonds is 8. The van der Waals surface area contributed by atoms with Crippen molar-refractivity contribution in [2.45, 2.75) is 6.54 Å². The largest absolute Gasteiger partial charge is 0.383 e. The molecule has 0 N–H and O–H groups in total. The first-order valence-corrected chi connectivity index (χ1v) is 7.08. The molecule has 0 fully saturated rings. The molecule has 0 saturated heterocycles. The maximum atomic E-state index is 6.20. The Morgan fingerprint density at radius 3 is 2.48 bits per heavy atom. The van der Waals surface area contributed by atoms with Crippen molar-refractivity contribution in [2.24, 2.45) is 7.05 Å². The maximum Gasteiger partial charge on any atom is 0.162 e. The van der Waals surface area contributed by atoms with Crippen LogP contribution >= 0.6 is 11.6 Å². The molecular formula is C13H20ClN5O2. The highest BCUT2D eigenvalue weighted by molar-refractivity contribution is 6.33. The lowest BCUT2D eigenvalue weighted by atomic mass is 10.4. The van der Waals surface area contributed by atoms with Crippen molar-refractivity contribution in [3.05, 3.63) is 17.2 Å². The number of fused-ring (bicyclic) bond motifs is 1. The van der Waals surface area contributed by atoms with E-state index in [-0.39, 0.29) is 0 Å². The summed E-state index contributed by atoms with van der Waals surface area (Å²) in [5.41, 5.74) is 0.739. The Hall–Kier alpha value is -1.28. The van der Waals surface area contributed by atoms with Gasteiger partial charge in [0.2, 0.25) is 0 Å². The summed E-state index contributed by atoms with van der Waals surface area (Å²) in [7, 11) is 5.20. The molecule has 0 saturated carbocycles. The summed E-state index contributed by atoms with van der Waals surface area (Å²) in [6.45, 7) is 3.44. The molecule has 2 aromatic heterocycles. The van der Waals surface area contributed by atoms with Gasteiger partial charge in [0.15, 0.2) is 5.65 Å². The highest BCUT2D eigenvalue weighted by Gasteiger charge is 2.13. The minimum Gasteiger partial charge on any atom is -0.383 e. The zero-order valence-corrected chi connectivity index (χ0v) is 13.3. The van der Waals surface area contributed by atoms with Crippen LogP contribution in [0.4, 0.5) is 0 Å². The zero-order chi connectivity index (χ0) is 15.2. The predicted molar refractivity (Wildman–Crippen MR) is 80.3 cm³/mol. The quantitative estimate of drug-likeness (QED) is 0.680. The molecule has 0 radical (unpaired) electrons. The Balaban J connectivity index is 2.16. The fourth-order valence-electron chi connectivity index (χ4n) is 2.01. The molecule has 0 bridgehead atoms. The van der Waals surface area contributed by atoms with Crippen LogP contribution in [0.2, 0.25) is 5.15 Å². The second kappa shape index (κ2) is 7.65. The SMILES string of the molecule is COCCN(CCOC)Cc1nc(Cl)c2cnn(C)c2n1. The number of hydrogen-bond acceptors (Lipinski definition) is 6. The van der Waals surface area contributed by atoms with Crippen LogP contribution in [-0.2, 0) is 23.1 Å². The third-order valence-corrected chi connectivity index (χ3v) is 3.47. The molecule has 0 atom stereocenters. The number of halogens is 1. The lowest BCUT2D eigenvalue weighted by molar-refractivity contribution is 0.109. The minimum absolute atomic E-state index is 0.432. The first kappa shape index (κ1) is 16.1. The molecule has 116 valence electrons. The molecule has 0 spiro atoms. The van der Waals surface area contributed by atoms with E-state index in [9.17, 15) is 0 Å². The number of nitrogens with zero attached hydrogens (tertiary/aromatic N) is 5. The number of ether oxygens (including phenoxy) is 2. The van der Waals surface area contributed by atoms with E-state index in [2.05, 4.69) is 20.0 Å². The van der Waals surface area contributed by atoms with E-state index in [0.29, 0.717) is 30.7 Å². The van der Waals surface area contributed by atoms with E-state index in [0.717, 1.165) is 24.1 Å². The summed E-state index contributed by atoms with van der Waals surface area (Å²) < 4.78 is 11.9. The van der Waals surface area contributed by atoms with Crippen molar-refractivity contribution in [1.29, 1.82) is 0 Å². The van der Waals surface area contributed by atoms with Gasteiger partial charge in [0.1, 0.15) is 11.0 Å². The maximum absolute atomic E-state index is 6.20. The molecule has 0 unspecified atom stereocenters.